The van der Waals surface area contributed by atoms with Gasteiger partial charge in [-0.3, -0.25) is 0 Å². The van der Waals surface area contributed by atoms with E-state index in [1.54, 1.807) is 24.3 Å². The zero-order valence-corrected chi connectivity index (χ0v) is 23.9. The molecule has 0 aliphatic carbocycles. The number of hydrogen-bond acceptors (Lipinski definition) is 4. The topological polar surface area (TPSA) is 52.6 Å². The fourth-order valence-corrected chi connectivity index (χ4v) is 3.06. The van der Waals surface area contributed by atoms with Crippen LogP contribution in [0.4, 0.5) is 0 Å². The van der Waals surface area contributed by atoms with Crippen molar-refractivity contribution in [2.45, 2.75) is 39.9 Å². The third-order valence-electron chi connectivity index (χ3n) is 5.20. The minimum absolute atomic E-state index is 0. The number of hydrogen-bond donors (Lipinski definition) is 0. The van der Waals surface area contributed by atoms with Gasteiger partial charge in [0.15, 0.2) is 0 Å². The van der Waals surface area contributed by atoms with E-state index in [-0.39, 0.29) is 71.3 Å². The first kappa shape index (κ1) is 31.7. The number of esters is 2. The molecular formula is C22H38I2N2O4. The van der Waals surface area contributed by atoms with Gasteiger partial charge in [0.2, 0.25) is 0 Å². The van der Waals surface area contributed by atoms with Crippen LogP contribution in [0.2, 0.25) is 0 Å². The summed E-state index contributed by atoms with van der Waals surface area (Å²) in [5.41, 5.74) is 0.496. The molecule has 1 aromatic rings. The zero-order valence-electron chi connectivity index (χ0n) is 19.6. The normalized spacial score (nSPS) is 13.3. The second-order valence-electron chi connectivity index (χ2n) is 8.85. The van der Waals surface area contributed by atoms with E-state index >= 15 is 0 Å². The first-order valence-electron chi connectivity index (χ1n) is 10.1. The van der Waals surface area contributed by atoms with Crippen molar-refractivity contribution in [1.82, 2.24) is 0 Å². The molecule has 2 unspecified atom stereocenters. The van der Waals surface area contributed by atoms with E-state index in [9.17, 15) is 9.59 Å². The van der Waals surface area contributed by atoms with Crippen LogP contribution < -0.4 is 48.0 Å². The van der Waals surface area contributed by atoms with Crippen LogP contribution in [0.1, 0.15) is 48.4 Å². The maximum Gasteiger partial charge on any atom is 0.339 e. The van der Waals surface area contributed by atoms with Gasteiger partial charge in [-0.2, -0.15) is 0 Å². The molecule has 2 atom stereocenters. The minimum atomic E-state index is -0.492. The van der Waals surface area contributed by atoms with Crippen molar-refractivity contribution in [1.29, 1.82) is 0 Å². The van der Waals surface area contributed by atoms with E-state index in [4.69, 9.17) is 9.47 Å². The van der Waals surface area contributed by atoms with E-state index in [0.717, 1.165) is 22.1 Å². The average Bonchev–Trinajstić information content (AvgIpc) is 2.60. The van der Waals surface area contributed by atoms with Crippen molar-refractivity contribution in [3.05, 3.63) is 35.4 Å². The first-order valence-corrected chi connectivity index (χ1v) is 10.1. The van der Waals surface area contributed by atoms with Crippen molar-refractivity contribution in [3.8, 4) is 0 Å². The van der Waals surface area contributed by atoms with E-state index in [1.165, 1.54) is 0 Å². The lowest BCUT2D eigenvalue weighted by atomic mass is 10.1. The number of nitrogens with zero attached hydrogens (tertiary/aromatic N) is 2. The Bertz CT molecular complexity index is 624. The number of benzene rings is 1. The fourth-order valence-electron chi connectivity index (χ4n) is 3.06. The smallest absolute Gasteiger partial charge is 0.339 e. The maximum absolute atomic E-state index is 12.7. The Labute approximate surface area is 216 Å². The van der Waals surface area contributed by atoms with Crippen LogP contribution in [0, 0.1) is 0 Å². The van der Waals surface area contributed by atoms with E-state index in [1.807, 2.05) is 13.8 Å². The molecule has 30 heavy (non-hydrogen) atoms. The predicted octanol–water partition coefficient (Wildman–Crippen LogP) is -3.02. The van der Waals surface area contributed by atoms with Crippen LogP contribution in [-0.2, 0) is 9.47 Å². The number of carbonyl (C=O) groups is 2. The third-order valence-corrected chi connectivity index (χ3v) is 5.20. The van der Waals surface area contributed by atoms with Gasteiger partial charge in [-0.05, 0) is 39.8 Å². The highest BCUT2D eigenvalue weighted by Crippen LogP contribution is 2.15. The van der Waals surface area contributed by atoms with Gasteiger partial charge in [0.05, 0.1) is 52.4 Å². The molecule has 0 N–H and O–H groups in total. The number of ether oxygens (including phenoxy) is 2. The van der Waals surface area contributed by atoms with Crippen molar-refractivity contribution >= 4 is 11.9 Å². The summed E-state index contributed by atoms with van der Waals surface area (Å²) < 4.78 is 12.7. The van der Waals surface area contributed by atoms with Crippen LogP contribution in [0.15, 0.2) is 24.3 Å². The summed E-state index contributed by atoms with van der Waals surface area (Å²) in [7, 11) is 8.36. The van der Waals surface area contributed by atoms with Crippen molar-refractivity contribution < 1.29 is 76.0 Å². The van der Waals surface area contributed by atoms with Gasteiger partial charge in [0.25, 0.3) is 0 Å². The number of rotatable bonds is 10. The Morgan fingerprint density at radius 3 is 1.33 bits per heavy atom. The van der Waals surface area contributed by atoms with Gasteiger partial charge in [-0.25, -0.2) is 9.59 Å². The Morgan fingerprint density at radius 2 is 1.07 bits per heavy atom. The maximum atomic E-state index is 12.7. The molecule has 0 aliphatic rings. The molecule has 0 spiro atoms. The standard InChI is InChI=1S/C22H38N2O4.2HI/c1-9-23(5,6)15-17(3)27-21(25)19-13-11-12-14-20(19)22(26)28-18(4)16-24(7,8)10-2;;/h11-14,17-18H,9-10,15-16H2,1-8H3;2*1H/q+2;;/p-2. The molecule has 0 aliphatic heterocycles. The van der Waals surface area contributed by atoms with Crippen molar-refractivity contribution in [2.24, 2.45) is 0 Å². The van der Waals surface area contributed by atoms with Gasteiger partial charge < -0.3 is 66.4 Å². The minimum Gasteiger partial charge on any atom is -1.00 e. The van der Waals surface area contributed by atoms with Crippen LogP contribution in [0.3, 0.4) is 0 Å². The second kappa shape index (κ2) is 13.8. The van der Waals surface area contributed by atoms with Gasteiger partial charge in [-0.15, -0.1) is 0 Å². The van der Waals surface area contributed by atoms with Crippen LogP contribution in [-0.4, -0.2) is 87.5 Å². The highest BCUT2D eigenvalue weighted by Gasteiger charge is 2.26. The number of quaternary nitrogens is 2. The number of likely N-dealkylation sites (N-methyl/N-ethyl adjacent to an activating group) is 2. The van der Waals surface area contributed by atoms with Crippen molar-refractivity contribution in [2.75, 3.05) is 54.4 Å². The zero-order chi connectivity index (χ0) is 21.5. The summed E-state index contributed by atoms with van der Waals surface area (Å²) >= 11 is 0. The summed E-state index contributed by atoms with van der Waals surface area (Å²) in [5, 5.41) is 0. The van der Waals surface area contributed by atoms with Crippen LogP contribution >= 0.6 is 0 Å². The molecule has 0 amide bonds. The summed E-state index contributed by atoms with van der Waals surface area (Å²) in [5.74, 6) is -0.984. The number of carbonyl (C=O) groups excluding carboxylic acids is 2. The molecule has 0 saturated heterocycles. The molecule has 1 rings (SSSR count). The quantitative estimate of drug-likeness (QED) is 0.154. The summed E-state index contributed by atoms with van der Waals surface area (Å²) in [6.45, 7) is 11.2. The molecule has 174 valence electrons. The Balaban J connectivity index is 0. The lowest BCUT2D eigenvalue weighted by Gasteiger charge is -2.31. The monoisotopic (exact) mass is 648 g/mol. The van der Waals surface area contributed by atoms with Gasteiger partial charge in [-0.1, -0.05) is 12.1 Å². The summed E-state index contributed by atoms with van der Waals surface area (Å²) in [4.78, 5) is 25.4. The predicted molar refractivity (Wildman–Crippen MR) is 111 cm³/mol. The molecule has 0 aromatic heterocycles. The van der Waals surface area contributed by atoms with E-state index in [2.05, 4.69) is 42.0 Å². The van der Waals surface area contributed by atoms with E-state index < -0.39 is 11.9 Å². The average molecular weight is 648 g/mol. The highest BCUT2D eigenvalue weighted by atomic mass is 127. The van der Waals surface area contributed by atoms with Gasteiger partial charge in [0, 0.05) is 0 Å². The van der Waals surface area contributed by atoms with Crippen molar-refractivity contribution in [3.63, 3.8) is 0 Å². The fraction of sp³-hybridized carbons (Fsp3) is 0.636. The van der Waals surface area contributed by atoms with E-state index in [0.29, 0.717) is 13.1 Å². The van der Waals surface area contributed by atoms with Gasteiger partial charge >= 0.3 is 11.9 Å². The Morgan fingerprint density at radius 1 is 0.767 bits per heavy atom. The molecular weight excluding hydrogens is 610 g/mol. The Kier molecular flexibility index (Phi) is 14.6. The summed E-state index contributed by atoms with van der Waals surface area (Å²) in [6.07, 6.45) is -0.513. The highest BCUT2D eigenvalue weighted by molar-refractivity contribution is 6.03. The molecule has 6 nitrogen and oxygen atoms in total. The largest absolute Gasteiger partial charge is 1.00 e. The molecule has 8 heteroatoms. The molecule has 1 aromatic carbocycles. The first-order chi connectivity index (χ1) is 12.9. The van der Waals surface area contributed by atoms with Crippen LogP contribution in [0.25, 0.3) is 0 Å². The van der Waals surface area contributed by atoms with Gasteiger partial charge in [0.1, 0.15) is 25.3 Å². The Hall–Kier alpha value is -0.460. The number of halogens is 2. The lowest BCUT2D eigenvalue weighted by molar-refractivity contribution is -0.891. The SMILES string of the molecule is CC[N+](C)(C)CC(C)OC(=O)c1ccccc1C(=O)OC(C)C[N+](C)(C)CC.[I-].[I-]. The second-order valence-corrected chi connectivity index (χ2v) is 8.85. The molecule has 0 radical (unpaired) electrons. The third kappa shape index (κ3) is 10.7. The van der Waals surface area contributed by atoms with Crippen LogP contribution in [0.5, 0.6) is 0 Å². The molecule has 0 heterocycles. The molecule has 0 bridgehead atoms. The molecule has 0 saturated carbocycles. The molecule has 0 fully saturated rings. The summed E-state index contributed by atoms with van der Waals surface area (Å²) in [6, 6.07) is 6.68. The lowest BCUT2D eigenvalue weighted by Crippen LogP contribution is -3.00.